The molecule has 0 spiro atoms. The van der Waals surface area contributed by atoms with Crippen molar-refractivity contribution in [3.63, 3.8) is 0 Å². The summed E-state index contributed by atoms with van der Waals surface area (Å²) < 4.78 is 5.30. The number of hydrogen-bond donors (Lipinski definition) is 0. The molecule has 5 nitrogen and oxygen atoms in total. The molecule has 1 aliphatic heterocycles. The van der Waals surface area contributed by atoms with Crippen LogP contribution in [0.25, 0.3) is 0 Å². The van der Waals surface area contributed by atoms with Gasteiger partial charge in [-0.25, -0.2) is 4.79 Å². The largest absolute Gasteiger partial charge is 0.444 e. The lowest BCUT2D eigenvalue weighted by Crippen LogP contribution is -2.55. The monoisotopic (exact) mass is 242 g/mol. The van der Waals surface area contributed by atoms with E-state index in [2.05, 4.69) is 0 Å². The first kappa shape index (κ1) is 13.8. The Hall–Kier alpha value is -1.26. The zero-order valence-electron chi connectivity index (χ0n) is 11.3. The maximum atomic E-state index is 11.8. The summed E-state index contributed by atoms with van der Waals surface area (Å²) in [6.45, 7) is 10.7. The minimum absolute atomic E-state index is 0.0498. The molecule has 0 aliphatic carbocycles. The Labute approximate surface area is 103 Å². The standard InChI is InChI=1S/C12H22N2O3/c1-9-8-13(6-7-14(9)10(2)15)11(16)17-12(3,4)5/h9H,6-8H2,1-5H3/t9-/m1/s1. The second-order valence-corrected chi connectivity index (χ2v) is 5.49. The molecule has 0 aromatic carbocycles. The Morgan fingerprint density at radius 3 is 2.24 bits per heavy atom. The molecule has 1 atom stereocenters. The van der Waals surface area contributed by atoms with E-state index in [0.717, 1.165) is 0 Å². The molecule has 0 bridgehead atoms. The average Bonchev–Trinajstić information content (AvgIpc) is 2.14. The fraction of sp³-hybridized carbons (Fsp3) is 0.833. The van der Waals surface area contributed by atoms with Crippen molar-refractivity contribution in [3.05, 3.63) is 0 Å². The van der Waals surface area contributed by atoms with Gasteiger partial charge in [-0.05, 0) is 27.7 Å². The van der Waals surface area contributed by atoms with Gasteiger partial charge in [0.2, 0.25) is 5.91 Å². The summed E-state index contributed by atoms with van der Waals surface area (Å²) in [5.74, 6) is 0.0568. The Morgan fingerprint density at radius 1 is 1.24 bits per heavy atom. The van der Waals surface area contributed by atoms with Crippen molar-refractivity contribution in [2.24, 2.45) is 0 Å². The molecule has 17 heavy (non-hydrogen) atoms. The van der Waals surface area contributed by atoms with Gasteiger partial charge in [0.1, 0.15) is 5.60 Å². The lowest BCUT2D eigenvalue weighted by atomic mass is 10.2. The van der Waals surface area contributed by atoms with Gasteiger partial charge in [-0.1, -0.05) is 0 Å². The van der Waals surface area contributed by atoms with Gasteiger partial charge in [0, 0.05) is 32.6 Å². The minimum Gasteiger partial charge on any atom is -0.444 e. The molecule has 1 heterocycles. The summed E-state index contributed by atoms with van der Waals surface area (Å²) >= 11 is 0. The lowest BCUT2D eigenvalue weighted by Gasteiger charge is -2.39. The summed E-state index contributed by atoms with van der Waals surface area (Å²) in [5.41, 5.74) is -0.474. The third kappa shape index (κ3) is 3.91. The van der Waals surface area contributed by atoms with E-state index < -0.39 is 5.60 Å². The number of carbonyl (C=O) groups is 2. The molecule has 1 saturated heterocycles. The minimum atomic E-state index is -0.474. The van der Waals surface area contributed by atoms with Crippen LogP contribution in [0, 0.1) is 0 Å². The summed E-state index contributed by atoms with van der Waals surface area (Å²) in [4.78, 5) is 26.6. The van der Waals surface area contributed by atoms with E-state index in [4.69, 9.17) is 4.74 Å². The zero-order valence-corrected chi connectivity index (χ0v) is 11.3. The molecule has 5 heteroatoms. The van der Waals surface area contributed by atoms with E-state index in [9.17, 15) is 9.59 Å². The smallest absolute Gasteiger partial charge is 0.410 e. The van der Waals surface area contributed by atoms with Gasteiger partial charge >= 0.3 is 6.09 Å². The second kappa shape index (κ2) is 4.94. The number of amides is 2. The predicted molar refractivity (Wildman–Crippen MR) is 64.7 cm³/mol. The molecular formula is C12H22N2O3. The van der Waals surface area contributed by atoms with E-state index in [1.807, 2.05) is 27.7 Å². The lowest BCUT2D eigenvalue weighted by molar-refractivity contribution is -0.133. The molecule has 1 rings (SSSR count). The molecule has 98 valence electrons. The van der Waals surface area contributed by atoms with Crippen molar-refractivity contribution < 1.29 is 14.3 Å². The molecule has 1 fully saturated rings. The van der Waals surface area contributed by atoms with Crippen LogP contribution in [0.1, 0.15) is 34.6 Å². The van der Waals surface area contributed by atoms with Crippen molar-refractivity contribution in [3.8, 4) is 0 Å². The Bertz CT molecular complexity index is 309. The van der Waals surface area contributed by atoms with Crippen molar-refractivity contribution in [1.82, 2.24) is 9.80 Å². The highest BCUT2D eigenvalue weighted by molar-refractivity contribution is 5.74. The van der Waals surface area contributed by atoms with Crippen molar-refractivity contribution in [2.45, 2.75) is 46.3 Å². The third-order valence-corrected chi connectivity index (χ3v) is 2.68. The highest BCUT2D eigenvalue weighted by atomic mass is 16.6. The van der Waals surface area contributed by atoms with Crippen LogP contribution >= 0.6 is 0 Å². The number of piperazine rings is 1. The molecular weight excluding hydrogens is 220 g/mol. The second-order valence-electron chi connectivity index (χ2n) is 5.49. The Kier molecular flexibility index (Phi) is 4.01. The van der Waals surface area contributed by atoms with Crippen molar-refractivity contribution in [2.75, 3.05) is 19.6 Å². The first-order valence-corrected chi connectivity index (χ1v) is 5.96. The number of carbonyl (C=O) groups excluding carboxylic acids is 2. The van der Waals surface area contributed by atoms with Crippen LogP contribution in [0.15, 0.2) is 0 Å². The highest BCUT2D eigenvalue weighted by Crippen LogP contribution is 2.14. The SMILES string of the molecule is CC(=O)N1CCN(C(=O)OC(C)(C)C)C[C@H]1C. The molecule has 0 saturated carbocycles. The first-order chi connectivity index (χ1) is 7.70. The van der Waals surface area contributed by atoms with Crippen LogP contribution in [0.3, 0.4) is 0 Å². The first-order valence-electron chi connectivity index (χ1n) is 5.96. The van der Waals surface area contributed by atoms with Gasteiger partial charge in [0.15, 0.2) is 0 Å². The molecule has 0 aromatic rings. The number of ether oxygens (including phenoxy) is 1. The third-order valence-electron chi connectivity index (χ3n) is 2.68. The highest BCUT2D eigenvalue weighted by Gasteiger charge is 2.30. The summed E-state index contributed by atoms with van der Waals surface area (Å²) in [6.07, 6.45) is -0.299. The van der Waals surface area contributed by atoms with Gasteiger partial charge in [-0.3, -0.25) is 4.79 Å². The van der Waals surface area contributed by atoms with Crippen LogP contribution in [-0.4, -0.2) is 53.1 Å². The van der Waals surface area contributed by atoms with Gasteiger partial charge in [0.25, 0.3) is 0 Å². The van der Waals surface area contributed by atoms with Crippen LogP contribution < -0.4 is 0 Å². The summed E-state index contributed by atoms with van der Waals surface area (Å²) in [6, 6.07) is 0.0498. The Morgan fingerprint density at radius 2 is 1.82 bits per heavy atom. The number of nitrogens with zero attached hydrogens (tertiary/aromatic N) is 2. The molecule has 2 amide bonds. The van der Waals surface area contributed by atoms with E-state index >= 15 is 0 Å². The summed E-state index contributed by atoms with van der Waals surface area (Å²) in [5, 5.41) is 0. The Balaban J connectivity index is 2.55. The van der Waals surface area contributed by atoms with Crippen molar-refractivity contribution >= 4 is 12.0 Å². The maximum Gasteiger partial charge on any atom is 0.410 e. The van der Waals surface area contributed by atoms with Gasteiger partial charge in [0.05, 0.1) is 0 Å². The van der Waals surface area contributed by atoms with Gasteiger partial charge in [-0.2, -0.15) is 0 Å². The fourth-order valence-electron chi connectivity index (χ4n) is 1.92. The van der Waals surface area contributed by atoms with Crippen molar-refractivity contribution in [1.29, 1.82) is 0 Å². The molecule has 0 radical (unpaired) electrons. The number of rotatable bonds is 0. The van der Waals surface area contributed by atoms with E-state index in [1.165, 1.54) is 0 Å². The van der Waals surface area contributed by atoms with Crippen LogP contribution in [-0.2, 0) is 9.53 Å². The topological polar surface area (TPSA) is 49.9 Å². The molecule has 1 aliphatic rings. The quantitative estimate of drug-likeness (QED) is 0.646. The predicted octanol–water partition coefficient (Wildman–Crippen LogP) is 1.47. The summed E-state index contributed by atoms with van der Waals surface area (Å²) in [7, 11) is 0. The zero-order chi connectivity index (χ0) is 13.2. The van der Waals surface area contributed by atoms with Gasteiger partial charge in [-0.15, -0.1) is 0 Å². The van der Waals surface area contributed by atoms with Crippen LogP contribution in [0.2, 0.25) is 0 Å². The molecule has 0 unspecified atom stereocenters. The normalized spacial score (nSPS) is 21.4. The van der Waals surface area contributed by atoms with E-state index in [1.54, 1.807) is 16.7 Å². The molecule has 0 aromatic heterocycles. The molecule has 0 N–H and O–H groups in total. The fourth-order valence-corrected chi connectivity index (χ4v) is 1.92. The van der Waals surface area contributed by atoms with E-state index in [-0.39, 0.29) is 18.0 Å². The van der Waals surface area contributed by atoms with Crippen LogP contribution in [0.5, 0.6) is 0 Å². The van der Waals surface area contributed by atoms with Gasteiger partial charge < -0.3 is 14.5 Å². The maximum absolute atomic E-state index is 11.8. The average molecular weight is 242 g/mol. The van der Waals surface area contributed by atoms with E-state index in [0.29, 0.717) is 19.6 Å². The number of hydrogen-bond acceptors (Lipinski definition) is 3. The van der Waals surface area contributed by atoms with Crippen LogP contribution in [0.4, 0.5) is 4.79 Å².